The minimum absolute atomic E-state index is 1.08. The van der Waals surface area contributed by atoms with Crippen LogP contribution in [0, 0.1) is 6.92 Å². The molecule has 0 fully saturated rings. The summed E-state index contributed by atoms with van der Waals surface area (Å²) in [4.78, 5) is 0. The smallest absolute Gasteiger partial charge is 0.0950 e. The second-order valence-corrected chi connectivity index (χ2v) is 3.97. The van der Waals surface area contributed by atoms with Crippen molar-refractivity contribution in [3.05, 3.63) is 36.0 Å². The summed E-state index contributed by atoms with van der Waals surface area (Å²) in [6.07, 6.45) is 0. The first-order valence-electron chi connectivity index (χ1n) is 5.00. The van der Waals surface area contributed by atoms with E-state index in [1.54, 1.807) is 4.68 Å². The summed E-state index contributed by atoms with van der Waals surface area (Å²) in [6, 6.07) is 10.4. The summed E-state index contributed by atoms with van der Waals surface area (Å²) in [7, 11) is 2.07. The molecule has 3 aromatic rings. The molecule has 3 heteroatoms. The Labute approximate surface area is 87.7 Å². The van der Waals surface area contributed by atoms with Gasteiger partial charge in [0.1, 0.15) is 0 Å². The maximum absolute atomic E-state index is 6.02. The summed E-state index contributed by atoms with van der Waals surface area (Å²) in [5.41, 5.74) is 4.62. The van der Waals surface area contributed by atoms with Gasteiger partial charge in [0.05, 0.1) is 16.6 Å². The number of fused-ring (bicyclic) bond motifs is 3. The van der Waals surface area contributed by atoms with Gasteiger partial charge in [0.2, 0.25) is 0 Å². The van der Waals surface area contributed by atoms with Crippen molar-refractivity contribution in [3.63, 3.8) is 0 Å². The highest BCUT2D eigenvalue weighted by Crippen LogP contribution is 2.28. The van der Waals surface area contributed by atoms with Gasteiger partial charge in [-0.05, 0) is 19.1 Å². The Kier molecular flexibility index (Phi) is 1.44. The molecule has 3 rings (SSSR count). The van der Waals surface area contributed by atoms with Crippen LogP contribution in [0.15, 0.2) is 30.3 Å². The number of nitrogens with two attached hydrogens (primary N) is 1. The van der Waals surface area contributed by atoms with Crippen molar-refractivity contribution in [2.45, 2.75) is 6.92 Å². The topological polar surface area (TPSA) is 35.9 Å². The maximum atomic E-state index is 6.02. The molecular weight excluding hydrogens is 186 g/mol. The molecule has 0 aliphatic carbocycles. The van der Waals surface area contributed by atoms with E-state index in [0.717, 1.165) is 11.2 Å². The highest BCUT2D eigenvalue weighted by molar-refractivity contribution is 6.06. The molecule has 0 saturated carbocycles. The van der Waals surface area contributed by atoms with Gasteiger partial charge in [-0.25, -0.2) is 0 Å². The number of aromatic nitrogens is 2. The standard InChI is InChI=1S/C12H13N3/c1-8-7-11-12(15(8)13)9-5-3-4-6-10(9)14(11)2/h3-7H,13H2,1-2H3. The third kappa shape index (κ3) is 0.897. The van der Waals surface area contributed by atoms with Crippen LogP contribution in [0.1, 0.15) is 5.69 Å². The summed E-state index contributed by atoms with van der Waals surface area (Å²) in [6.45, 7) is 2.02. The van der Waals surface area contributed by atoms with Gasteiger partial charge in [0.15, 0.2) is 0 Å². The molecule has 0 saturated heterocycles. The van der Waals surface area contributed by atoms with E-state index in [2.05, 4.69) is 35.9 Å². The number of hydrogen-bond donors (Lipinski definition) is 1. The van der Waals surface area contributed by atoms with Gasteiger partial charge in [-0.2, -0.15) is 0 Å². The Balaban J connectivity index is 2.68. The fourth-order valence-electron chi connectivity index (χ4n) is 2.26. The zero-order valence-corrected chi connectivity index (χ0v) is 8.86. The summed E-state index contributed by atoms with van der Waals surface area (Å²) >= 11 is 0. The normalized spacial score (nSPS) is 11.6. The second kappa shape index (κ2) is 2.57. The van der Waals surface area contributed by atoms with Crippen molar-refractivity contribution in [1.29, 1.82) is 0 Å². The molecule has 0 unspecified atom stereocenters. The quantitative estimate of drug-likeness (QED) is 0.553. The van der Waals surface area contributed by atoms with Gasteiger partial charge in [0.25, 0.3) is 0 Å². The van der Waals surface area contributed by atoms with Crippen molar-refractivity contribution < 1.29 is 0 Å². The van der Waals surface area contributed by atoms with Crippen molar-refractivity contribution in [1.82, 2.24) is 9.24 Å². The Bertz CT molecular complexity index is 658. The predicted molar refractivity (Wildman–Crippen MR) is 63.3 cm³/mol. The molecular formula is C12H13N3. The zero-order valence-electron chi connectivity index (χ0n) is 8.86. The Morgan fingerprint density at radius 2 is 1.87 bits per heavy atom. The first kappa shape index (κ1) is 8.41. The zero-order chi connectivity index (χ0) is 10.6. The van der Waals surface area contributed by atoms with Crippen LogP contribution in [0.25, 0.3) is 21.9 Å². The third-order valence-corrected chi connectivity index (χ3v) is 3.09. The van der Waals surface area contributed by atoms with Gasteiger partial charge in [0, 0.05) is 18.1 Å². The maximum Gasteiger partial charge on any atom is 0.0950 e. The molecule has 1 aromatic carbocycles. The lowest BCUT2D eigenvalue weighted by Gasteiger charge is -1.98. The van der Waals surface area contributed by atoms with E-state index in [9.17, 15) is 0 Å². The first-order valence-corrected chi connectivity index (χ1v) is 5.00. The lowest BCUT2D eigenvalue weighted by atomic mass is 10.2. The van der Waals surface area contributed by atoms with Gasteiger partial charge in [-0.1, -0.05) is 18.2 Å². The van der Waals surface area contributed by atoms with E-state index in [0.29, 0.717) is 0 Å². The van der Waals surface area contributed by atoms with Crippen LogP contribution in [0.2, 0.25) is 0 Å². The summed E-state index contributed by atoms with van der Waals surface area (Å²) in [5.74, 6) is 6.02. The molecule has 0 spiro atoms. The first-order chi connectivity index (χ1) is 7.20. The molecule has 76 valence electrons. The Hall–Kier alpha value is -1.90. The number of aryl methyl sites for hydroxylation is 2. The highest BCUT2D eigenvalue weighted by Gasteiger charge is 2.12. The van der Waals surface area contributed by atoms with Crippen LogP contribution in [0.5, 0.6) is 0 Å². The summed E-state index contributed by atoms with van der Waals surface area (Å²) in [5, 5.41) is 1.21. The Morgan fingerprint density at radius 1 is 1.13 bits per heavy atom. The molecule has 0 atom stereocenters. The van der Waals surface area contributed by atoms with Gasteiger partial charge >= 0.3 is 0 Å². The fraction of sp³-hybridized carbons (Fsp3) is 0.167. The highest BCUT2D eigenvalue weighted by atomic mass is 15.3. The van der Waals surface area contributed by atoms with Crippen LogP contribution in [0.3, 0.4) is 0 Å². The summed E-state index contributed by atoms with van der Waals surface area (Å²) < 4.78 is 3.94. The molecule has 0 aliphatic heterocycles. The van der Waals surface area contributed by atoms with E-state index in [1.807, 2.05) is 13.0 Å². The lowest BCUT2D eigenvalue weighted by molar-refractivity contribution is 1.00. The largest absolute Gasteiger partial charge is 0.342 e. The van der Waals surface area contributed by atoms with Crippen molar-refractivity contribution in [2.24, 2.45) is 7.05 Å². The van der Waals surface area contributed by atoms with E-state index in [-0.39, 0.29) is 0 Å². The molecule has 0 radical (unpaired) electrons. The molecule has 2 N–H and O–H groups in total. The van der Waals surface area contributed by atoms with Gasteiger partial charge in [-0.3, -0.25) is 4.68 Å². The molecule has 0 aliphatic rings. The third-order valence-electron chi connectivity index (χ3n) is 3.09. The minimum atomic E-state index is 1.08. The monoisotopic (exact) mass is 199 g/mol. The number of para-hydroxylation sites is 1. The average Bonchev–Trinajstić information content (AvgIpc) is 2.68. The van der Waals surface area contributed by atoms with Crippen molar-refractivity contribution >= 4 is 21.9 Å². The van der Waals surface area contributed by atoms with Crippen LogP contribution in [-0.2, 0) is 7.05 Å². The van der Waals surface area contributed by atoms with Gasteiger partial charge < -0.3 is 10.4 Å². The molecule has 0 bridgehead atoms. The average molecular weight is 199 g/mol. The number of nitrogen functional groups attached to an aromatic ring is 1. The molecule has 0 amide bonds. The van der Waals surface area contributed by atoms with E-state index in [4.69, 9.17) is 5.84 Å². The number of benzene rings is 1. The fourth-order valence-corrected chi connectivity index (χ4v) is 2.26. The lowest BCUT2D eigenvalue weighted by Crippen LogP contribution is -2.08. The Morgan fingerprint density at radius 3 is 2.67 bits per heavy atom. The predicted octanol–water partition coefficient (Wildman–Crippen LogP) is 2.16. The van der Waals surface area contributed by atoms with E-state index >= 15 is 0 Å². The number of hydrogen-bond acceptors (Lipinski definition) is 1. The van der Waals surface area contributed by atoms with E-state index in [1.165, 1.54) is 16.4 Å². The van der Waals surface area contributed by atoms with Crippen LogP contribution >= 0.6 is 0 Å². The number of rotatable bonds is 0. The molecule has 2 aromatic heterocycles. The second-order valence-electron chi connectivity index (χ2n) is 3.97. The SMILES string of the molecule is Cc1cc2c(c3ccccc3n2C)n1N. The van der Waals surface area contributed by atoms with Crippen LogP contribution in [0.4, 0.5) is 0 Å². The van der Waals surface area contributed by atoms with Gasteiger partial charge in [-0.15, -0.1) is 0 Å². The van der Waals surface area contributed by atoms with Crippen molar-refractivity contribution in [3.8, 4) is 0 Å². The van der Waals surface area contributed by atoms with E-state index < -0.39 is 0 Å². The van der Waals surface area contributed by atoms with Crippen molar-refractivity contribution in [2.75, 3.05) is 5.84 Å². The minimum Gasteiger partial charge on any atom is -0.342 e. The molecule has 2 heterocycles. The molecule has 3 nitrogen and oxygen atoms in total. The number of nitrogens with zero attached hydrogens (tertiary/aromatic N) is 2. The molecule has 15 heavy (non-hydrogen) atoms. The van der Waals surface area contributed by atoms with Crippen LogP contribution < -0.4 is 5.84 Å². The van der Waals surface area contributed by atoms with Crippen LogP contribution in [-0.4, -0.2) is 9.24 Å².